The van der Waals surface area contributed by atoms with E-state index in [0.29, 0.717) is 0 Å². The van der Waals surface area contributed by atoms with Crippen LogP contribution < -0.4 is 0 Å². The molecule has 0 saturated heterocycles. The van der Waals surface area contributed by atoms with E-state index in [2.05, 4.69) is 0 Å². The van der Waals surface area contributed by atoms with Gasteiger partial charge in [0.15, 0.2) is 0 Å². The first-order valence-electron chi connectivity index (χ1n) is 2.50. The van der Waals surface area contributed by atoms with Gasteiger partial charge in [0, 0.05) is 0 Å². The van der Waals surface area contributed by atoms with Crippen LogP contribution in [-0.2, 0) is 4.79 Å². The lowest BCUT2D eigenvalue weighted by Gasteiger charge is -2.24. The van der Waals surface area contributed by atoms with Crippen molar-refractivity contribution >= 4 is 5.97 Å². The summed E-state index contributed by atoms with van der Waals surface area (Å²) in [5.74, 6) is -16.3. The summed E-state index contributed by atoms with van der Waals surface area (Å²) in [5, 5.41) is 7.41. The molecule has 0 aliphatic carbocycles. The van der Waals surface area contributed by atoms with Crippen LogP contribution in [0.25, 0.3) is 0 Å². The van der Waals surface area contributed by atoms with Gasteiger partial charge in [-0.2, -0.15) is 30.7 Å². The van der Waals surface area contributed by atoms with Crippen LogP contribution in [0.2, 0.25) is 0 Å². The Morgan fingerprint density at radius 2 is 1.21 bits per heavy atom. The summed E-state index contributed by atoms with van der Waals surface area (Å²) in [5.41, 5.74) is 0. The first-order valence-corrected chi connectivity index (χ1v) is 2.50. The van der Waals surface area contributed by atoms with E-state index in [1.807, 2.05) is 0 Å². The highest BCUT2D eigenvalue weighted by atomic mass is 19.4. The maximum atomic E-state index is 11.8. The average Bonchev–Trinajstić information content (AvgIpc) is 1.84. The van der Waals surface area contributed by atoms with Crippen LogP contribution in [-0.4, -0.2) is 29.1 Å². The molecule has 0 amide bonds. The monoisotopic (exact) mass is 234 g/mol. The topological polar surface area (TPSA) is 37.3 Å². The summed E-state index contributed by atoms with van der Waals surface area (Å²) >= 11 is 0. The van der Waals surface area contributed by atoms with Crippen molar-refractivity contribution in [2.45, 2.75) is 18.0 Å². The normalized spacial score (nSPS) is 13.4. The largest absolute Gasteiger partial charge is 0.477 e. The van der Waals surface area contributed by atoms with E-state index in [0.717, 1.165) is 0 Å². The molecule has 0 aromatic rings. The van der Waals surface area contributed by atoms with Crippen molar-refractivity contribution in [2.75, 3.05) is 0 Å². The first-order chi connectivity index (χ1) is 5.44. The van der Waals surface area contributed by atoms with Crippen LogP contribution in [0.1, 0.15) is 0 Å². The predicted octanol–water partition coefficient (Wildman–Crippen LogP) is 2.06. The zero-order chi connectivity index (χ0) is 11.1. The van der Waals surface area contributed by atoms with Crippen LogP contribution in [0.4, 0.5) is 35.4 Å². The van der Waals surface area contributed by atoms with Gasteiger partial charge in [0.05, 0.1) is 0 Å². The number of hydrogen-bond acceptors (Lipinski definition) is 1. The third kappa shape index (κ3) is 2.04. The fraction of sp³-hybridized carbons (Fsp3) is 0.750. The van der Waals surface area contributed by atoms with Crippen molar-refractivity contribution in [3.63, 3.8) is 0 Å². The second-order valence-corrected chi connectivity index (χ2v) is 1.95. The molecule has 10 heteroatoms. The van der Waals surface area contributed by atoms with Gasteiger partial charge < -0.3 is 5.11 Å². The predicted molar refractivity (Wildman–Crippen MR) is 26.1 cm³/mol. The first kappa shape index (κ1) is 15.4. The third-order valence-electron chi connectivity index (χ3n) is 1.02. The van der Waals surface area contributed by atoms with E-state index in [9.17, 15) is 35.5 Å². The summed E-state index contributed by atoms with van der Waals surface area (Å²) in [6.07, 6.45) is -6.60. The molecule has 86 valence electrons. The number of rotatable bonds is 2. The van der Waals surface area contributed by atoms with Crippen molar-refractivity contribution < 1.29 is 45.3 Å². The Bertz CT molecular complexity index is 218. The van der Waals surface area contributed by atoms with Gasteiger partial charge in [-0.05, 0) is 0 Å². The molecular formula is C4H2F8O2. The number of carbonyl (C=O) groups is 1. The zero-order valence-electron chi connectivity index (χ0n) is 5.91. The van der Waals surface area contributed by atoms with Crippen LogP contribution in [0.3, 0.4) is 0 Å². The molecule has 1 N–H and O–H groups in total. The van der Waals surface area contributed by atoms with E-state index >= 15 is 0 Å². The average molecular weight is 234 g/mol. The van der Waals surface area contributed by atoms with E-state index in [1.54, 1.807) is 0 Å². The van der Waals surface area contributed by atoms with Gasteiger partial charge in [0.25, 0.3) is 0 Å². The van der Waals surface area contributed by atoms with Crippen molar-refractivity contribution in [3.8, 4) is 0 Å². The minimum Gasteiger partial charge on any atom is -0.477 e. The van der Waals surface area contributed by atoms with Crippen LogP contribution in [0.5, 0.6) is 0 Å². The molecule has 0 aliphatic rings. The summed E-state index contributed by atoms with van der Waals surface area (Å²) in [7, 11) is 0. The highest BCUT2D eigenvalue weighted by Crippen LogP contribution is 2.46. The van der Waals surface area contributed by atoms with Gasteiger partial charge in [0.1, 0.15) is 0 Å². The SMILES string of the molecule is F.O=C(O)C(F)(F)C(F)(F)C(F)(F)F. The maximum absolute atomic E-state index is 11.8. The molecule has 2 nitrogen and oxygen atoms in total. The molecule has 0 atom stereocenters. The Morgan fingerprint density at radius 1 is 0.929 bits per heavy atom. The Hall–Kier alpha value is -1.09. The number of alkyl halides is 7. The van der Waals surface area contributed by atoms with Crippen molar-refractivity contribution in [1.82, 2.24) is 0 Å². The Morgan fingerprint density at radius 3 is 1.29 bits per heavy atom. The second kappa shape index (κ2) is 3.58. The van der Waals surface area contributed by atoms with Crippen molar-refractivity contribution in [2.24, 2.45) is 0 Å². The van der Waals surface area contributed by atoms with Gasteiger partial charge in [-0.1, -0.05) is 0 Å². The highest BCUT2D eigenvalue weighted by Gasteiger charge is 2.76. The van der Waals surface area contributed by atoms with E-state index in [-0.39, 0.29) is 4.70 Å². The zero-order valence-corrected chi connectivity index (χ0v) is 5.91. The Kier molecular flexibility index (Phi) is 3.93. The fourth-order valence-electron chi connectivity index (χ4n) is 0.312. The van der Waals surface area contributed by atoms with Gasteiger partial charge in [-0.3, -0.25) is 4.70 Å². The minimum atomic E-state index is -6.60. The molecule has 0 unspecified atom stereocenters. The molecule has 0 heterocycles. The molecule has 14 heavy (non-hydrogen) atoms. The lowest BCUT2D eigenvalue weighted by molar-refractivity contribution is -0.347. The number of aliphatic carboxylic acids is 1. The van der Waals surface area contributed by atoms with Gasteiger partial charge in [-0.25, -0.2) is 4.79 Å². The van der Waals surface area contributed by atoms with E-state index < -0.39 is 24.0 Å². The van der Waals surface area contributed by atoms with Crippen molar-refractivity contribution in [3.05, 3.63) is 0 Å². The lowest BCUT2D eigenvalue weighted by atomic mass is 10.1. The standard InChI is InChI=1S/C4HF7O2.FH/c5-2(6,1(12)13)3(7,8)4(9,10)11;/h(H,12,13);1H. The smallest absolute Gasteiger partial charge is 0.460 e. The highest BCUT2D eigenvalue weighted by molar-refractivity contribution is 5.76. The summed E-state index contributed by atoms with van der Waals surface area (Å²) in [6, 6.07) is 0. The van der Waals surface area contributed by atoms with Crippen LogP contribution in [0, 0.1) is 0 Å². The molecule has 0 fully saturated rings. The van der Waals surface area contributed by atoms with Crippen LogP contribution in [0.15, 0.2) is 0 Å². The van der Waals surface area contributed by atoms with E-state index in [4.69, 9.17) is 5.11 Å². The number of halogens is 8. The Labute approximate surface area is 70.7 Å². The molecule has 0 spiro atoms. The molecule has 0 rings (SSSR count). The summed E-state index contributed by atoms with van der Waals surface area (Å²) in [6.45, 7) is 0. The number of carboxylic acids is 1. The lowest BCUT2D eigenvalue weighted by Crippen LogP contribution is -2.56. The van der Waals surface area contributed by atoms with E-state index in [1.165, 1.54) is 0 Å². The van der Waals surface area contributed by atoms with Crippen LogP contribution >= 0.6 is 0 Å². The molecule has 0 saturated carbocycles. The molecular weight excluding hydrogens is 232 g/mol. The molecule has 0 aliphatic heterocycles. The summed E-state index contributed by atoms with van der Waals surface area (Å²) in [4.78, 5) is 9.38. The third-order valence-corrected chi connectivity index (χ3v) is 1.02. The maximum Gasteiger partial charge on any atom is 0.460 e. The molecule has 0 aromatic carbocycles. The minimum absolute atomic E-state index is 0. The van der Waals surface area contributed by atoms with Gasteiger partial charge >= 0.3 is 24.0 Å². The van der Waals surface area contributed by atoms with Crippen molar-refractivity contribution in [1.29, 1.82) is 0 Å². The number of hydrogen-bond donors (Lipinski definition) is 1. The van der Waals surface area contributed by atoms with Gasteiger partial charge in [0.2, 0.25) is 0 Å². The molecule has 0 radical (unpaired) electrons. The second-order valence-electron chi connectivity index (χ2n) is 1.95. The number of carboxylic acid groups (broad SMARTS) is 1. The molecule has 0 aromatic heterocycles. The van der Waals surface area contributed by atoms with Gasteiger partial charge in [-0.15, -0.1) is 0 Å². The quantitative estimate of drug-likeness (QED) is 0.742. The summed E-state index contributed by atoms with van der Waals surface area (Å²) < 4.78 is 80.5. The Balaban J connectivity index is 0. The fourth-order valence-corrected chi connectivity index (χ4v) is 0.312. The molecule has 0 bridgehead atoms.